The molecule has 0 aliphatic carbocycles. The highest BCUT2D eigenvalue weighted by molar-refractivity contribution is 6.01. The molecule has 1 aliphatic heterocycles. The lowest BCUT2D eigenvalue weighted by Gasteiger charge is -2.26. The van der Waals surface area contributed by atoms with Crippen molar-refractivity contribution in [1.82, 2.24) is 24.7 Å². The first-order chi connectivity index (χ1) is 18.5. The van der Waals surface area contributed by atoms with Gasteiger partial charge in [-0.25, -0.2) is 4.98 Å². The predicted molar refractivity (Wildman–Crippen MR) is 144 cm³/mol. The number of rotatable bonds is 10. The molecule has 38 heavy (non-hydrogen) atoms. The third-order valence-corrected chi connectivity index (χ3v) is 6.80. The summed E-state index contributed by atoms with van der Waals surface area (Å²) in [6, 6.07) is 17.2. The average molecular weight is 518 g/mol. The van der Waals surface area contributed by atoms with Crippen LogP contribution in [0.25, 0.3) is 11.4 Å². The number of imidazole rings is 1. The van der Waals surface area contributed by atoms with Crippen LogP contribution in [0.1, 0.15) is 29.8 Å². The van der Waals surface area contributed by atoms with Crippen LogP contribution in [0.5, 0.6) is 0 Å². The van der Waals surface area contributed by atoms with E-state index in [0.29, 0.717) is 49.6 Å². The van der Waals surface area contributed by atoms with Gasteiger partial charge in [-0.05, 0) is 31.9 Å². The molecule has 0 spiro atoms. The van der Waals surface area contributed by atoms with Crippen molar-refractivity contribution in [3.05, 3.63) is 78.1 Å². The van der Waals surface area contributed by atoms with Crippen molar-refractivity contribution in [3.8, 4) is 11.4 Å². The van der Waals surface area contributed by atoms with E-state index < -0.39 is 6.10 Å². The third-order valence-electron chi connectivity index (χ3n) is 6.80. The summed E-state index contributed by atoms with van der Waals surface area (Å²) in [6.07, 6.45) is 3.52. The van der Waals surface area contributed by atoms with Gasteiger partial charge in [-0.3, -0.25) is 14.4 Å². The van der Waals surface area contributed by atoms with E-state index in [4.69, 9.17) is 4.74 Å². The van der Waals surface area contributed by atoms with Crippen molar-refractivity contribution in [2.75, 3.05) is 45.9 Å². The lowest BCUT2D eigenvalue weighted by atomic mass is 10.1. The molecule has 1 aliphatic rings. The topological polar surface area (TPSA) is 98.8 Å². The standard InChI is InChI=1S/C29H35N5O4/c1-3-32(4-2)27(36)21-38-23-18-33(17-14-22-10-6-5-7-11-22)26(35)20-34(19-23)29(37)25-13-9-8-12-24(25)28-30-15-16-31-28/h5-13,15-16,23H,3-4,14,17-21H2,1-2H3,(H,30,31)/t23-/m1/s1. The Labute approximate surface area is 223 Å². The number of benzene rings is 2. The SMILES string of the molecule is CCN(CC)C(=O)CO[C@@H]1CN(CCc2ccccc2)C(=O)CN(C(=O)c2ccccc2-c2ncc[nH]2)C1. The Morgan fingerprint density at radius 1 is 1.05 bits per heavy atom. The highest BCUT2D eigenvalue weighted by Crippen LogP contribution is 2.23. The zero-order valence-electron chi connectivity index (χ0n) is 22.0. The molecule has 1 saturated heterocycles. The number of aromatic nitrogens is 2. The number of hydrogen-bond acceptors (Lipinski definition) is 5. The Bertz CT molecular complexity index is 1210. The van der Waals surface area contributed by atoms with Crippen molar-refractivity contribution in [2.24, 2.45) is 0 Å². The Hall–Kier alpha value is -3.98. The molecule has 3 aromatic rings. The van der Waals surface area contributed by atoms with Gasteiger partial charge < -0.3 is 24.4 Å². The molecule has 3 amide bonds. The highest BCUT2D eigenvalue weighted by atomic mass is 16.5. The fraction of sp³-hybridized carbons (Fsp3) is 0.379. The van der Waals surface area contributed by atoms with Crippen LogP contribution in [-0.2, 0) is 20.7 Å². The molecule has 9 heteroatoms. The van der Waals surface area contributed by atoms with Gasteiger partial charge in [0.25, 0.3) is 5.91 Å². The number of amides is 3. The van der Waals surface area contributed by atoms with E-state index in [1.54, 1.807) is 34.3 Å². The number of likely N-dealkylation sites (N-methyl/N-ethyl adjacent to an activating group) is 1. The smallest absolute Gasteiger partial charge is 0.255 e. The van der Waals surface area contributed by atoms with E-state index >= 15 is 0 Å². The van der Waals surface area contributed by atoms with Crippen molar-refractivity contribution in [3.63, 3.8) is 0 Å². The molecule has 2 heterocycles. The van der Waals surface area contributed by atoms with Crippen LogP contribution in [0.3, 0.4) is 0 Å². The van der Waals surface area contributed by atoms with Gasteiger partial charge >= 0.3 is 0 Å². The molecule has 1 fully saturated rings. The molecule has 9 nitrogen and oxygen atoms in total. The van der Waals surface area contributed by atoms with Crippen LogP contribution in [-0.4, -0.2) is 94.4 Å². The normalized spacial score (nSPS) is 15.8. The molecule has 1 N–H and O–H groups in total. The second-order valence-electron chi connectivity index (χ2n) is 9.24. The van der Waals surface area contributed by atoms with Crippen LogP contribution >= 0.6 is 0 Å². The number of nitrogens with one attached hydrogen (secondary N) is 1. The minimum atomic E-state index is -0.503. The number of H-pyrrole nitrogens is 1. The molecule has 0 radical (unpaired) electrons. The molecule has 0 saturated carbocycles. The van der Waals surface area contributed by atoms with Crippen molar-refractivity contribution in [1.29, 1.82) is 0 Å². The Morgan fingerprint density at radius 2 is 1.79 bits per heavy atom. The molecule has 4 rings (SSSR count). The lowest BCUT2D eigenvalue weighted by Crippen LogP contribution is -2.41. The van der Waals surface area contributed by atoms with Crippen molar-refractivity contribution >= 4 is 17.7 Å². The molecule has 200 valence electrons. The first-order valence-corrected chi connectivity index (χ1v) is 13.1. The van der Waals surface area contributed by atoms with Gasteiger partial charge in [0.2, 0.25) is 11.8 Å². The van der Waals surface area contributed by atoms with E-state index in [2.05, 4.69) is 9.97 Å². The number of carbonyl (C=O) groups is 3. The zero-order chi connectivity index (χ0) is 26.9. The van der Waals surface area contributed by atoms with Crippen LogP contribution in [0, 0.1) is 0 Å². The lowest BCUT2D eigenvalue weighted by molar-refractivity contribution is -0.138. The molecule has 1 atom stereocenters. The van der Waals surface area contributed by atoms with Gasteiger partial charge in [-0.2, -0.15) is 0 Å². The summed E-state index contributed by atoms with van der Waals surface area (Å²) in [6.45, 7) is 5.88. The first-order valence-electron chi connectivity index (χ1n) is 13.1. The van der Waals surface area contributed by atoms with E-state index in [1.165, 1.54) is 4.90 Å². The fourth-order valence-electron chi connectivity index (χ4n) is 4.68. The second-order valence-corrected chi connectivity index (χ2v) is 9.24. The number of ether oxygens (including phenoxy) is 1. The summed E-state index contributed by atoms with van der Waals surface area (Å²) < 4.78 is 6.06. The van der Waals surface area contributed by atoms with Crippen LogP contribution in [0.15, 0.2) is 67.0 Å². The zero-order valence-corrected chi connectivity index (χ0v) is 22.0. The highest BCUT2D eigenvalue weighted by Gasteiger charge is 2.32. The quantitative estimate of drug-likeness (QED) is 0.446. The number of hydrogen-bond donors (Lipinski definition) is 1. The molecule has 2 aromatic carbocycles. The predicted octanol–water partition coefficient (Wildman–Crippen LogP) is 2.86. The summed E-state index contributed by atoms with van der Waals surface area (Å²) in [5.74, 6) is 0.0458. The first kappa shape index (κ1) is 27.1. The van der Waals surface area contributed by atoms with E-state index in [-0.39, 0.29) is 37.4 Å². The third kappa shape index (κ3) is 6.66. The molecule has 0 bridgehead atoms. The summed E-state index contributed by atoms with van der Waals surface area (Å²) in [5, 5.41) is 0. The maximum atomic E-state index is 13.8. The molecular formula is C29H35N5O4. The number of carbonyl (C=O) groups excluding carboxylic acids is 3. The van der Waals surface area contributed by atoms with Gasteiger partial charge in [-0.1, -0.05) is 48.5 Å². The maximum absolute atomic E-state index is 13.8. The van der Waals surface area contributed by atoms with Crippen LogP contribution in [0.4, 0.5) is 0 Å². The van der Waals surface area contributed by atoms with Crippen LogP contribution in [0.2, 0.25) is 0 Å². The Kier molecular flexibility index (Phi) is 9.26. The largest absolute Gasteiger partial charge is 0.365 e. The van der Waals surface area contributed by atoms with E-state index in [1.807, 2.05) is 56.3 Å². The molecule has 1 aromatic heterocycles. The number of nitrogens with zero attached hydrogens (tertiary/aromatic N) is 4. The average Bonchev–Trinajstić information content (AvgIpc) is 3.43. The monoisotopic (exact) mass is 517 g/mol. The number of aromatic amines is 1. The van der Waals surface area contributed by atoms with E-state index in [9.17, 15) is 14.4 Å². The van der Waals surface area contributed by atoms with E-state index in [0.717, 1.165) is 5.56 Å². The van der Waals surface area contributed by atoms with Gasteiger partial charge in [0.15, 0.2) is 0 Å². The van der Waals surface area contributed by atoms with Gasteiger partial charge in [0, 0.05) is 50.7 Å². The van der Waals surface area contributed by atoms with Crippen molar-refractivity contribution in [2.45, 2.75) is 26.4 Å². The fourth-order valence-corrected chi connectivity index (χ4v) is 4.68. The molecule has 0 unspecified atom stereocenters. The second kappa shape index (κ2) is 13.0. The summed E-state index contributed by atoms with van der Waals surface area (Å²) in [5.41, 5.74) is 2.24. The Balaban J connectivity index is 1.55. The molecular weight excluding hydrogens is 482 g/mol. The summed E-state index contributed by atoms with van der Waals surface area (Å²) in [4.78, 5) is 52.1. The van der Waals surface area contributed by atoms with Gasteiger partial charge in [0.1, 0.15) is 19.0 Å². The Morgan fingerprint density at radius 3 is 2.50 bits per heavy atom. The maximum Gasteiger partial charge on any atom is 0.255 e. The summed E-state index contributed by atoms with van der Waals surface area (Å²) >= 11 is 0. The summed E-state index contributed by atoms with van der Waals surface area (Å²) in [7, 11) is 0. The van der Waals surface area contributed by atoms with Gasteiger partial charge in [-0.15, -0.1) is 0 Å². The minimum Gasteiger partial charge on any atom is -0.365 e. The minimum absolute atomic E-state index is 0.0655. The van der Waals surface area contributed by atoms with Gasteiger partial charge in [0.05, 0.1) is 11.7 Å². The van der Waals surface area contributed by atoms with Crippen LogP contribution < -0.4 is 0 Å². The van der Waals surface area contributed by atoms with Crippen molar-refractivity contribution < 1.29 is 19.1 Å².